The molecule has 1 rings (SSSR count). The number of nitrogens with zero attached hydrogens (tertiary/aromatic N) is 2. The molecule has 0 saturated carbocycles. The lowest BCUT2D eigenvalue weighted by molar-refractivity contribution is 1.42. The van der Waals surface area contributed by atoms with Crippen molar-refractivity contribution in [2.75, 3.05) is 0 Å². The summed E-state index contributed by atoms with van der Waals surface area (Å²) in [6, 6.07) is 5.08. The van der Waals surface area contributed by atoms with Gasteiger partial charge in [0.2, 0.25) is 5.39 Å². The van der Waals surface area contributed by atoms with Gasteiger partial charge < -0.3 is 0 Å². The van der Waals surface area contributed by atoms with Gasteiger partial charge in [-0.15, -0.1) is 0 Å². The Morgan fingerprint density at radius 2 is 1.86 bits per heavy atom. The Kier molecular flexibility index (Phi) is 3.77. The van der Waals surface area contributed by atoms with E-state index in [9.17, 15) is 0 Å². The van der Waals surface area contributed by atoms with Gasteiger partial charge in [-0.1, -0.05) is 34.8 Å². The molecule has 5 heteroatoms. The zero-order valence-electron chi connectivity index (χ0n) is 7.26. The van der Waals surface area contributed by atoms with Crippen molar-refractivity contribution in [1.29, 1.82) is 5.39 Å². The van der Waals surface area contributed by atoms with E-state index >= 15 is 0 Å². The van der Waals surface area contributed by atoms with E-state index in [2.05, 4.69) is 4.98 Å². The van der Waals surface area contributed by atoms with Crippen molar-refractivity contribution in [3.63, 3.8) is 0 Å². The van der Waals surface area contributed by atoms with Gasteiger partial charge in [0.05, 0.1) is 5.03 Å². The number of aryl methyl sites for hydroxylation is 1. The van der Waals surface area contributed by atoms with Gasteiger partial charge in [-0.3, -0.25) is 0 Å². The quantitative estimate of drug-likeness (QED) is 0.655. The lowest BCUT2D eigenvalue weighted by atomic mass is 10.1. The second kappa shape index (κ2) is 4.65. The molecule has 0 atom stereocenters. The van der Waals surface area contributed by atoms with Crippen LogP contribution in [-0.2, 0) is 0 Å². The molecule has 72 valence electrons. The number of halogens is 3. The molecule has 0 N–H and O–H groups in total. The van der Waals surface area contributed by atoms with Crippen LogP contribution in [0.1, 0.15) is 11.1 Å². The lowest BCUT2D eigenvalue weighted by Gasteiger charge is -1.98. The van der Waals surface area contributed by atoms with Crippen molar-refractivity contribution >= 4 is 45.5 Å². The van der Waals surface area contributed by atoms with Gasteiger partial charge in [0.25, 0.3) is 0 Å². The summed E-state index contributed by atoms with van der Waals surface area (Å²) in [5, 5.41) is 8.84. The first-order valence-electron chi connectivity index (χ1n) is 3.72. The highest BCUT2D eigenvalue weighted by atomic mass is 35.5. The maximum Gasteiger partial charge on any atom is 0.385 e. The molecule has 1 aromatic rings. The Morgan fingerprint density at radius 1 is 1.21 bits per heavy atom. The Labute approximate surface area is 96.7 Å². The minimum atomic E-state index is -0.0128. The fourth-order valence-corrected chi connectivity index (χ4v) is 1.38. The summed E-state index contributed by atoms with van der Waals surface area (Å²) < 4.78 is -0.0128. The van der Waals surface area contributed by atoms with E-state index in [1.54, 1.807) is 18.2 Å². The molecule has 0 heterocycles. The Balaban J connectivity index is 3.32. The van der Waals surface area contributed by atoms with Crippen molar-refractivity contribution in [2.45, 2.75) is 6.92 Å². The topological polar surface area (TPSA) is 28.1 Å². The SMILES string of the molecule is Cc1cc([N+]#N)cc(C(Cl)=C(Cl)Cl)c1. The molecule has 0 amide bonds. The highest BCUT2D eigenvalue weighted by Crippen LogP contribution is 2.30. The van der Waals surface area contributed by atoms with Crippen LogP contribution in [0.2, 0.25) is 0 Å². The molecule has 0 aliphatic heterocycles. The molecule has 0 bridgehead atoms. The van der Waals surface area contributed by atoms with Gasteiger partial charge in [-0.25, -0.2) is 0 Å². The van der Waals surface area contributed by atoms with Crippen molar-refractivity contribution in [1.82, 2.24) is 0 Å². The molecule has 1 aromatic carbocycles. The zero-order chi connectivity index (χ0) is 10.7. The van der Waals surface area contributed by atoms with Crippen molar-refractivity contribution in [2.24, 2.45) is 0 Å². The van der Waals surface area contributed by atoms with Crippen LogP contribution >= 0.6 is 34.8 Å². The largest absolute Gasteiger partial charge is 0.385 e. The molecule has 0 saturated heterocycles. The van der Waals surface area contributed by atoms with Crippen LogP contribution in [-0.4, -0.2) is 0 Å². The molecule has 14 heavy (non-hydrogen) atoms. The third-order valence-corrected chi connectivity index (χ3v) is 2.58. The smallest absolute Gasteiger partial charge is 0.0811 e. The van der Waals surface area contributed by atoms with Crippen molar-refractivity contribution in [3.05, 3.63) is 38.8 Å². The van der Waals surface area contributed by atoms with E-state index in [1.807, 2.05) is 6.92 Å². The summed E-state index contributed by atoms with van der Waals surface area (Å²) in [6.07, 6.45) is 0. The first kappa shape index (κ1) is 11.3. The molecule has 0 radical (unpaired) electrons. The minimum absolute atomic E-state index is 0.0128. The Morgan fingerprint density at radius 3 is 2.36 bits per heavy atom. The number of benzene rings is 1. The highest BCUT2D eigenvalue weighted by molar-refractivity contribution is 6.66. The van der Waals surface area contributed by atoms with Crippen LogP contribution in [0, 0.1) is 12.3 Å². The van der Waals surface area contributed by atoms with Crippen LogP contribution in [0.15, 0.2) is 22.7 Å². The first-order chi connectivity index (χ1) is 6.54. The maximum atomic E-state index is 8.61. The summed E-state index contributed by atoms with van der Waals surface area (Å²) in [6.45, 7) is 1.85. The lowest BCUT2D eigenvalue weighted by Crippen LogP contribution is -1.80. The van der Waals surface area contributed by atoms with Crippen molar-refractivity contribution in [3.8, 4) is 0 Å². The van der Waals surface area contributed by atoms with Gasteiger partial charge >= 0.3 is 5.69 Å². The van der Waals surface area contributed by atoms with Crippen LogP contribution in [0.25, 0.3) is 10.0 Å². The second-order valence-corrected chi connectivity index (χ2v) is 4.06. The van der Waals surface area contributed by atoms with Gasteiger partial charge in [0.1, 0.15) is 4.49 Å². The predicted molar refractivity (Wildman–Crippen MR) is 60.4 cm³/mol. The molecule has 0 aromatic heterocycles. The van der Waals surface area contributed by atoms with E-state index in [0.717, 1.165) is 5.56 Å². The van der Waals surface area contributed by atoms with Gasteiger partial charge in [-0.05, 0) is 18.6 Å². The number of hydrogen-bond acceptors (Lipinski definition) is 1. The van der Waals surface area contributed by atoms with E-state index in [4.69, 9.17) is 40.2 Å². The highest BCUT2D eigenvalue weighted by Gasteiger charge is 2.11. The molecule has 2 nitrogen and oxygen atoms in total. The zero-order valence-corrected chi connectivity index (χ0v) is 9.53. The first-order valence-corrected chi connectivity index (χ1v) is 4.86. The summed E-state index contributed by atoms with van der Waals surface area (Å²) in [4.78, 5) is 3.07. The van der Waals surface area contributed by atoms with E-state index in [-0.39, 0.29) is 9.52 Å². The van der Waals surface area contributed by atoms with Gasteiger partial charge in [0, 0.05) is 17.7 Å². The van der Waals surface area contributed by atoms with Crippen LogP contribution < -0.4 is 0 Å². The molecule has 0 spiro atoms. The molecule has 0 fully saturated rings. The minimum Gasteiger partial charge on any atom is -0.0811 e. The van der Waals surface area contributed by atoms with Gasteiger partial charge in [-0.2, -0.15) is 0 Å². The molecule has 0 aliphatic carbocycles. The van der Waals surface area contributed by atoms with Crippen LogP contribution in [0.3, 0.4) is 0 Å². The average molecular weight is 249 g/mol. The molecular formula is C9H6Cl3N2+. The number of diazo groups is 1. The summed E-state index contributed by atoms with van der Waals surface area (Å²) in [7, 11) is 0. The Bertz CT molecular complexity index is 428. The van der Waals surface area contributed by atoms with E-state index in [1.165, 1.54) is 0 Å². The van der Waals surface area contributed by atoms with Crippen molar-refractivity contribution < 1.29 is 0 Å². The number of rotatable bonds is 1. The normalized spacial score (nSPS) is 9.36. The third-order valence-electron chi connectivity index (χ3n) is 1.60. The third kappa shape index (κ3) is 2.62. The summed E-state index contributed by atoms with van der Waals surface area (Å²) in [5.74, 6) is 0. The maximum absolute atomic E-state index is 8.61. The van der Waals surface area contributed by atoms with E-state index < -0.39 is 0 Å². The summed E-state index contributed by atoms with van der Waals surface area (Å²) >= 11 is 16.9. The van der Waals surface area contributed by atoms with Gasteiger partial charge in [0.15, 0.2) is 4.98 Å². The van der Waals surface area contributed by atoms with Crippen LogP contribution in [0.5, 0.6) is 0 Å². The fourth-order valence-electron chi connectivity index (χ4n) is 1.06. The predicted octanol–water partition coefficient (Wildman–Crippen LogP) is 4.82. The molecule has 0 unspecified atom stereocenters. The Hall–Kier alpha value is -0.750. The standard InChI is InChI=1S/C9H6Cl3N2/c1-5-2-6(8(10)9(11)12)4-7(3-5)14-13/h2-4H,1H3/q+1. The average Bonchev–Trinajstić information content (AvgIpc) is 2.15. The summed E-state index contributed by atoms with van der Waals surface area (Å²) in [5.41, 5.74) is 1.94. The monoisotopic (exact) mass is 247 g/mol. The van der Waals surface area contributed by atoms with E-state index in [0.29, 0.717) is 11.3 Å². The molecule has 0 aliphatic rings. The second-order valence-electron chi connectivity index (χ2n) is 2.73. The number of hydrogen-bond donors (Lipinski definition) is 0. The van der Waals surface area contributed by atoms with Crippen LogP contribution in [0.4, 0.5) is 5.69 Å². The fraction of sp³-hybridized carbons (Fsp3) is 0.111. The molecular weight excluding hydrogens is 242 g/mol.